The molecular weight excluding hydrogens is 360 g/mol. The minimum absolute atomic E-state index is 0.00988. The van der Waals surface area contributed by atoms with Crippen LogP contribution in [0.2, 0.25) is 0 Å². The van der Waals surface area contributed by atoms with Crippen molar-refractivity contribution in [3.8, 4) is 0 Å². The van der Waals surface area contributed by atoms with Gasteiger partial charge in [-0.05, 0) is 5.56 Å². The van der Waals surface area contributed by atoms with Crippen molar-refractivity contribution in [1.82, 2.24) is 19.6 Å². The Hall–Kier alpha value is -2.71. The molecule has 2 bridgehead atoms. The van der Waals surface area contributed by atoms with E-state index in [0.29, 0.717) is 45.0 Å². The Kier molecular flexibility index (Phi) is 5.40. The van der Waals surface area contributed by atoms with Crippen molar-refractivity contribution in [3.05, 3.63) is 53.9 Å². The van der Waals surface area contributed by atoms with Crippen molar-refractivity contribution in [2.24, 2.45) is 5.92 Å². The molecule has 148 valence electrons. The predicted molar refractivity (Wildman–Crippen MR) is 101 cm³/mol. The summed E-state index contributed by atoms with van der Waals surface area (Å²) in [5.41, 5.74) is 1.67. The Morgan fingerprint density at radius 2 is 1.96 bits per heavy atom. The molecule has 0 radical (unpaired) electrons. The van der Waals surface area contributed by atoms with Gasteiger partial charge in [-0.25, -0.2) is 0 Å². The summed E-state index contributed by atoms with van der Waals surface area (Å²) in [6.07, 6.45) is 3.38. The fraction of sp³-hybridized carbons (Fsp3) is 0.450. The molecule has 0 unspecified atom stereocenters. The molecule has 8 nitrogen and oxygen atoms in total. The van der Waals surface area contributed by atoms with Crippen molar-refractivity contribution in [3.63, 3.8) is 0 Å². The third kappa shape index (κ3) is 4.23. The largest absolute Gasteiger partial charge is 0.480 e. The molecule has 4 rings (SSSR count). The van der Waals surface area contributed by atoms with E-state index < -0.39 is 5.97 Å². The van der Waals surface area contributed by atoms with E-state index in [2.05, 4.69) is 5.10 Å². The number of fused-ring (bicyclic) bond motifs is 3. The van der Waals surface area contributed by atoms with E-state index in [1.54, 1.807) is 17.1 Å². The molecule has 0 spiro atoms. The number of carbonyl (C=O) groups excluding carboxylic acids is 1. The van der Waals surface area contributed by atoms with Gasteiger partial charge in [0.1, 0.15) is 0 Å². The summed E-state index contributed by atoms with van der Waals surface area (Å²) in [4.78, 5) is 28.0. The second-order valence-electron chi connectivity index (χ2n) is 7.51. The van der Waals surface area contributed by atoms with Crippen LogP contribution in [0, 0.1) is 5.92 Å². The summed E-state index contributed by atoms with van der Waals surface area (Å²) < 4.78 is 7.49. The number of carboxylic acids is 1. The van der Waals surface area contributed by atoms with Gasteiger partial charge < -0.3 is 14.7 Å². The maximum atomic E-state index is 13.2. The fourth-order valence-electron chi connectivity index (χ4n) is 4.01. The number of benzene rings is 1. The molecule has 2 atom stereocenters. The number of carboxylic acid groups (broad SMARTS) is 1. The topological polar surface area (TPSA) is 87.9 Å². The fourth-order valence-corrected chi connectivity index (χ4v) is 4.01. The van der Waals surface area contributed by atoms with Crippen LogP contribution in [0.4, 0.5) is 0 Å². The van der Waals surface area contributed by atoms with E-state index in [9.17, 15) is 9.59 Å². The zero-order valence-corrected chi connectivity index (χ0v) is 15.6. The SMILES string of the molecule is O=C(O)CN1C[C@@H]2COC[C@H](C1)N(C(=O)c1cnn(Cc3ccccc3)c1)C2. The zero-order chi connectivity index (χ0) is 19.5. The van der Waals surface area contributed by atoms with Gasteiger partial charge in [-0.3, -0.25) is 19.2 Å². The minimum atomic E-state index is -0.846. The first-order valence-corrected chi connectivity index (χ1v) is 9.47. The van der Waals surface area contributed by atoms with Gasteiger partial charge in [-0.15, -0.1) is 0 Å². The van der Waals surface area contributed by atoms with Gasteiger partial charge in [0.05, 0.1) is 44.1 Å². The molecule has 28 heavy (non-hydrogen) atoms. The second-order valence-corrected chi connectivity index (χ2v) is 7.51. The molecular formula is C20H24N4O4. The van der Waals surface area contributed by atoms with Gasteiger partial charge in [0.25, 0.3) is 5.91 Å². The monoisotopic (exact) mass is 384 g/mol. The number of carbonyl (C=O) groups is 2. The number of amides is 1. The first kappa shape index (κ1) is 18.6. The summed E-state index contributed by atoms with van der Waals surface area (Å²) in [7, 11) is 0. The predicted octanol–water partition coefficient (Wildman–Crippen LogP) is 0.789. The molecule has 1 aromatic heterocycles. The van der Waals surface area contributed by atoms with Gasteiger partial charge in [-0.2, -0.15) is 5.10 Å². The summed E-state index contributed by atoms with van der Waals surface area (Å²) in [6, 6.07) is 9.81. The van der Waals surface area contributed by atoms with Gasteiger partial charge >= 0.3 is 5.97 Å². The zero-order valence-electron chi connectivity index (χ0n) is 15.6. The molecule has 2 aliphatic heterocycles. The van der Waals surface area contributed by atoms with Crippen molar-refractivity contribution >= 4 is 11.9 Å². The molecule has 0 aliphatic carbocycles. The van der Waals surface area contributed by atoms with Crippen LogP contribution in [0.15, 0.2) is 42.7 Å². The summed E-state index contributed by atoms with van der Waals surface area (Å²) in [6.45, 7) is 3.27. The quantitative estimate of drug-likeness (QED) is 0.820. The van der Waals surface area contributed by atoms with E-state index >= 15 is 0 Å². The smallest absolute Gasteiger partial charge is 0.317 e. The summed E-state index contributed by atoms with van der Waals surface area (Å²) in [5.74, 6) is -0.812. The second kappa shape index (κ2) is 8.12. The van der Waals surface area contributed by atoms with Crippen molar-refractivity contribution in [1.29, 1.82) is 0 Å². The van der Waals surface area contributed by atoms with Gasteiger partial charge in [0.15, 0.2) is 0 Å². The van der Waals surface area contributed by atoms with Crippen LogP contribution in [0.3, 0.4) is 0 Å². The third-order valence-electron chi connectivity index (χ3n) is 5.23. The molecule has 8 heteroatoms. The highest BCUT2D eigenvalue weighted by atomic mass is 16.5. The first-order valence-electron chi connectivity index (χ1n) is 9.47. The summed E-state index contributed by atoms with van der Waals surface area (Å²) >= 11 is 0. The minimum Gasteiger partial charge on any atom is -0.480 e. The Labute approximate surface area is 163 Å². The van der Waals surface area contributed by atoms with Crippen LogP contribution in [0.5, 0.6) is 0 Å². The highest BCUT2D eigenvalue weighted by Crippen LogP contribution is 2.21. The van der Waals surface area contributed by atoms with E-state index in [1.807, 2.05) is 40.1 Å². The van der Waals surface area contributed by atoms with Crippen LogP contribution in [-0.2, 0) is 16.1 Å². The maximum absolute atomic E-state index is 13.2. The van der Waals surface area contributed by atoms with Crippen molar-refractivity contribution < 1.29 is 19.4 Å². The standard InChI is InChI=1S/C20H24N4O4/c25-19(26)12-22-7-16-9-24(18(11-22)14-28-13-16)20(27)17-6-21-23(10-17)8-15-4-2-1-3-5-15/h1-6,10,16,18H,7-9,11-14H2,(H,25,26)/t16-,18-/m0/s1. The Balaban J connectivity index is 1.49. The van der Waals surface area contributed by atoms with E-state index in [1.165, 1.54) is 0 Å². The van der Waals surface area contributed by atoms with Crippen molar-refractivity contribution in [2.45, 2.75) is 12.6 Å². The maximum Gasteiger partial charge on any atom is 0.317 e. The summed E-state index contributed by atoms with van der Waals surface area (Å²) in [5, 5.41) is 13.5. The van der Waals surface area contributed by atoms with E-state index in [-0.39, 0.29) is 24.4 Å². The van der Waals surface area contributed by atoms with Crippen molar-refractivity contribution in [2.75, 3.05) is 39.4 Å². The molecule has 2 fully saturated rings. The molecule has 2 aliphatic rings. The van der Waals surface area contributed by atoms with Crippen LogP contribution < -0.4 is 0 Å². The lowest BCUT2D eigenvalue weighted by atomic mass is 10.1. The Morgan fingerprint density at radius 1 is 1.14 bits per heavy atom. The lowest BCUT2D eigenvalue weighted by Gasteiger charge is -2.30. The number of nitrogens with zero attached hydrogens (tertiary/aromatic N) is 4. The van der Waals surface area contributed by atoms with Gasteiger partial charge in [-0.1, -0.05) is 30.3 Å². The number of aromatic nitrogens is 2. The highest BCUT2D eigenvalue weighted by molar-refractivity contribution is 5.94. The number of hydrogen-bond donors (Lipinski definition) is 1. The molecule has 1 amide bonds. The van der Waals surface area contributed by atoms with Gasteiger partial charge in [0, 0.05) is 31.7 Å². The number of ether oxygens (including phenoxy) is 1. The number of aliphatic carboxylic acids is 1. The molecule has 0 saturated carbocycles. The third-order valence-corrected chi connectivity index (χ3v) is 5.23. The molecule has 2 saturated heterocycles. The lowest BCUT2D eigenvalue weighted by molar-refractivity contribution is -0.138. The first-order chi connectivity index (χ1) is 13.6. The van der Waals surface area contributed by atoms with Gasteiger partial charge in [0.2, 0.25) is 0 Å². The van der Waals surface area contributed by atoms with Crippen LogP contribution in [0.1, 0.15) is 15.9 Å². The van der Waals surface area contributed by atoms with E-state index in [4.69, 9.17) is 9.84 Å². The average molecular weight is 384 g/mol. The van der Waals surface area contributed by atoms with E-state index in [0.717, 1.165) is 5.56 Å². The Morgan fingerprint density at radius 3 is 2.75 bits per heavy atom. The van der Waals surface area contributed by atoms with Crippen LogP contribution in [-0.4, -0.2) is 82.0 Å². The molecule has 1 N–H and O–H groups in total. The molecule has 2 aromatic rings. The highest BCUT2D eigenvalue weighted by Gasteiger charge is 2.36. The van der Waals surface area contributed by atoms with Crippen LogP contribution in [0.25, 0.3) is 0 Å². The Bertz CT molecular complexity index is 838. The normalized spacial score (nSPS) is 22.6. The average Bonchev–Trinajstić information content (AvgIpc) is 2.93. The molecule has 3 heterocycles. The van der Waals surface area contributed by atoms with Crippen LogP contribution >= 0.6 is 0 Å². The number of rotatable bonds is 5. The lowest BCUT2D eigenvalue weighted by Crippen LogP contribution is -2.47. The number of hydrogen-bond acceptors (Lipinski definition) is 5. The molecule has 1 aromatic carbocycles.